The van der Waals surface area contributed by atoms with Gasteiger partial charge in [0.2, 0.25) is 0 Å². The van der Waals surface area contributed by atoms with Crippen molar-refractivity contribution in [3.05, 3.63) is 60.2 Å². The topological polar surface area (TPSA) is 52.0 Å². The number of nitrogens with two attached hydrogens (primary N) is 1. The van der Waals surface area contributed by atoms with E-state index in [9.17, 15) is 13.2 Å². The van der Waals surface area contributed by atoms with Crippen LogP contribution >= 0.6 is 0 Å². The number of benzene rings is 2. The lowest BCUT2D eigenvalue weighted by Gasteiger charge is -2.06. The van der Waals surface area contributed by atoms with Crippen LogP contribution in [0.25, 0.3) is 22.6 Å². The molecule has 0 radical (unpaired) electrons. The summed E-state index contributed by atoms with van der Waals surface area (Å²) in [5, 5.41) is 3.83. The summed E-state index contributed by atoms with van der Waals surface area (Å²) in [4.78, 5) is 0. The molecule has 2 aromatic carbocycles. The highest BCUT2D eigenvalue weighted by Gasteiger charge is 2.30. The van der Waals surface area contributed by atoms with Crippen LogP contribution in [0.5, 0.6) is 0 Å². The van der Waals surface area contributed by atoms with Gasteiger partial charge in [-0.25, -0.2) is 0 Å². The Kier molecular flexibility index (Phi) is 3.36. The summed E-state index contributed by atoms with van der Waals surface area (Å²) < 4.78 is 43.4. The monoisotopic (exact) mass is 304 g/mol. The van der Waals surface area contributed by atoms with E-state index >= 15 is 0 Å². The van der Waals surface area contributed by atoms with Gasteiger partial charge in [0.05, 0.1) is 5.56 Å². The molecule has 0 bridgehead atoms. The number of halogens is 3. The zero-order chi connectivity index (χ0) is 15.7. The van der Waals surface area contributed by atoms with Gasteiger partial charge in [-0.15, -0.1) is 0 Å². The van der Waals surface area contributed by atoms with Crippen molar-refractivity contribution in [2.45, 2.75) is 6.18 Å². The fourth-order valence-corrected chi connectivity index (χ4v) is 2.09. The molecule has 3 rings (SSSR count). The fraction of sp³-hybridized carbons (Fsp3) is 0.0625. The van der Waals surface area contributed by atoms with Crippen molar-refractivity contribution in [1.29, 1.82) is 0 Å². The number of rotatable bonds is 2. The molecule has 0 atom stereocenters. The van der Waals surface area contributed by atoms with Gasteiger partial charge < -0.3 is 10.3 Å². The molecule has 2 N–H and O–H groups in total. The van der Waals surface area contributed by atoms with Gasteiger partial charge in [0, 0.05) is 22.9 Å². The molecule has 1 aromatic heterocycles. The van der Waals surface area contributed by atoms with E-state index in [1.165, 1.54) is 6.07 Å². The predicted molar refractivity (Wildman–Crippen MR) is 76.8 cm³/mol. The minimum absolute atomic E-state index is 0.337. The normalized spacial score (nSPS) is 11.6. The lowest BCUT2D eigenvalue weighted by atomic mass is 10.1. The van der Waals surface area contributed by atoms with Crippen molar-refractivity contribution < 1.29 is 17.7 Å². The van der Waals surface area contributed by atoms with Crippen molar-refractivity contribution in [3.63, 3.8) is 0 Å². The van der Waals surface area contributed by atoms with Gasteiger partial charge in [-0.3, -0.25) is 0 Å². The molecule has 0 aliphatic rings. The zero-order valence-electron chi connectivity index (χ0n) is 11.3. The van der Waals surface area contributed by atoms with Crippen molar-refractivity contribution in [3.8, 4) is 22.6 Å². The molecule has 3 nitrogen and oxygen atoms in total. The van der Waals surface area contributed by atoms with Crippen molar-refractivity contribution >= 4 is 5.69 Å². The first-order valence-electron chi connectivity index (χ1n) is 6.44. The quantitative estimate of drug-likeness (QED) is 0.703. The van der Waals surface area contributed by atoms with Crippen molar-refractivity contribution in [1.82, 2.24) is 5.16 Å². The molecule has 0 amide bonds. The van der Waals surface area contributed by atoms with Gasteiger partial charge >= 0.3 is 6.18 Å². The average molecular weight is 304 g/mol. The van der Waals surface area contributed by atoms with Crippen molar-refractivity contribution in [2.75, 3.05) is 5.73 Å². The molecule has 3 aromatic rings. The van der Waals surface area contributed by atoms with Crippen LogP contribution in [-0.2, 0) is 6.18 Å². The Morgan fingerprint density at radius 1 is 0.909 bits per heavy atom. The third-order valence-corrected chi connectivity index (χ3v) is 3.17. The lowest BCUT2D eigenvalue weighted by molar-refractivity contribution is -0.137. The highest BCUT2D eigenvalue weighted by atomic mass is 19.4. The number of nitrogens with zero attached hydrogens (tertiary/aromatic N) is 1. The number of aromatic nitrogens is 1. The molecular formula is C16H11F3N2O. The molecule has 0 aliphatic heterocycles. The Labute approximate surface area is 124 Å². The molecule has 0 aliphatic carbocycles. The molecule has 0 spiro atoms. The van der Waals surface area contributed by atoms with Crippen LogP contribution in [-0.4, -0.2) is 5.16 Å². The Hall–Kier alpha value is -2.76. The van der Waals surface area contributed by atoms with Crippen LogP contribution in [0.4, 0.5) is 18.9 Å². The van der Waals surface area contributed by atoms with Gasteiger partial charge in [-0.05, 0) is 24.3 Å². The SMILES string of the molecule is Nc1cccc(-c2cc(-c3cccc(C(F)(F)F)c3)no2)c1. The first-order chi connectivity index (χ1) is 10.4. The third kappa shape index (κ3) is 2.81. The van der Waals surface area contributed by atoms with E-state index in [1.807, 2.05) is 0 Å². The Morgan fingerprint density at radius 3 is 2.36 bits per heavy atom. The molecule has 22 heavy (non-hydrogen) atoms. The highest BCUT2D eigenvalue weighted by Crippen LogP contribution is 2.33. The summed E-state index contributed by atoms with van der Waals surface area (Å²) in [6.45, 7) is 0. The maximum atomic E-state index is 12.7. The average Bonchev–Trinajstić information content (AvgIpc) is 2.96. The second-order valence-corrected chi connectivity index (χ2v) is 4.78. The molecular weight excluding hydrogens is 293 g/mol. The Morgan fingerprint density at radius 2 is 1.64 bits per heavy atom. The van der Waals surface area contributed by atoms with Crippen LogP contribution < -0.4 is 5.73 Å². The molecule has 0 fully saturated rings. The summed E-state index contributed by atoms with van der Waals surface area (Å²) in [5.41, 5.74) is 6.93. The number of nitrogen functional groups attached to an aromatic ring is 1. The second-order valence-electron chi connectivity index (χ2n) is 4.78. The van der Waals surface area contributed by atoms with E-state index in [0.29, 0.717) is 28.3 Å². The summed E-state index contributed by atoms with van der Waals surface area (Å²) in [6.07, 6.45) is -4.39. The number of hydrogen-bond donors (Lipinski definition) is 1. The Balaban J connectivity index is 1.98. The van der Waals surface area contributed by atoms with E-state index in [1.54, 1.807) is 36.4 Å². The Bertz CT molecular complexity index is 809. The van der Waals surface area contributed by atoms with Gasteiger partial charge in [0.15, 0.2) is 5.76 Å². The lowest BCUT2D eigenvalue weighted by Crippen LogP contribution is -2.04. The zero-order valence-corrected chi connectivity index (χ0v) is 11.3. The summed E-state index contributed by atoms with van der Waals surface area (Å²) in [5.74, 6) is 0.444. The van der Waals surface area contributed by atoms with Gasteiger partial charge in [0.25, 0.3) is 0 Å². The van der Waals surface area contributed by atoms with Gasteiger partial charge in [0.1, 0.15) is 5.69 Å². The van der Waals surface area contributed by atoms with Gasteiger partial charge in [-0.2, -0.15) is 13.2 Å². The summed E-state index contributed by atoms with van der Waals surface area (Å²) in [7, 11) is 0. The molecule has 0 unspecified atom stereocenters. The third-order valence-electron chi connectivity index (χ3n) is 3.17. The maximum absolute atomic E-state index is 12.7. The first-order valence-corrected chi connectivity index (χ1v) is 6.44. The van der Waals surface area contributed by atoms with Gasteiger partial charge in [-0.1, -0.05) is 29.4 Å². The molecule has 112 valence electrons. The van der Waals surface area contributed by atoms with E-state index < -0.39 is 11.7 Å². The minimum atomic E-state index is -4.39. The van der Waals surface area contributed by atoms with Crippen LogP contribution in [0.2, 0.25) is 0 Å². The molecule has 0 saturated heterocycles. The minimum Gasteiger partial charge on any atom is -0.399 e. The number of anilines is 1. The largest absolute Gasteiger partial charge is 0.416 e. The smallest absolute Gasteiger partial charge is 0.399 e. The van der Waals surface area contributed by atoms with Crippen LogP contribution in [0, 0.1) is 0 Å². The number of alkyl halides is 3. The maximum Gasteiger partial charge on any atom is 0.416 e. The number of hydrogen-bond acceptors (Lipinski definition) is 3. The molecule has 1 heterocycles. The van der Waals surface area contributed by atoms with E-state index in [4.69, 9.17) is 10.3 Å². The molecule has 0 saturated carbocycles. The van der Waals surface area contributed by atoms with E-state index in [2.05, 4.69) is 5.16 Å². The van der Waals surface area contributed by atoms with Crippen LogP contribution in [0.3, 0.4) is 0 Å². The van der Waals surface area contributed by atoms with Crippen LogP contribution in [0.1, 0.15) is 5.56 Å². The molecule has 6 heteroatoms. The van der Waals surface area contributed by atoms with E-state index in [-0.39, 0.29) is 0 Å². The summed E-state index contributed by atoms with van der Waals surface area (Å²) >= 11 is 0. The highest BCUT2D eigenvalue weighted by molar-refractivity contribution is 5.69. The standard InChI is InChI=1S/C16H11F3N2O/c17-16(18,19)12-5-1-3-10(7-12)14-9-15(22-21-14)11-4-2-6-13(20)8-11/h1-9H,20H2. The fourth-order valence-electron chi connectivity index (χ4n) is 2.09. The second kappa shape index (κ2) is 5.22. The predicted octanol–water partition coefficient (Wildman–Crippen LogP) is 4.61. The van der Waals surface area contributed by atoms with Crippen molar-refractivity contribution in [2.24, 2.45) is 0 Å². The first kappa shape index (κ1) is 14.2. The van der Waals surface area contributed by atoms with Crippen LogP contribution in [0.15, 0.2) is 59.1 Å². The van der Waals surface area contributed by atoms with E-state index in [0.717, 1.165) is 12.1 Å². The summed E-state index contributed by atoms with van der Waals surface area (Å²) in [6, 6.07) is 13.5.